The third kappa shape index (κ3) is 4.54. The fraction of sp³-hybridized carbons (Fsp3) is 0.333. The van der Waals surface area contributed by atoms with Crippen LogP contribution in [0.25, 0.3) is 0 Å². The molecule has 1 amide bonds. The number of hydrogen-bond acceptors (Lipinski definition) is 4. The number of halogens is 1. The van der Waals surface area contributed by atoms with E-state index in [4.69, 9.17) is 9.15 Å². The Morgan fingerprint density at radius 2 is 2.11 bits per heavy atom. The van der Waals surface area contributed by atoms with E-state index in [0.717, 1.165) is 29.5 Å². The highest BCUT2D eigenvalue weighted by Gasteiger charge is 2.28. The molecule has 28 heavy (non-hydrogen) atoms. The maximum Gasteiger partial charge on any atom is 0.287 e. The highest BCUT2D eigenvalue weighted by Crippen LogP contribution is 2.33. The fourth-order valence-corrected chi connectivity index (χ4v) is 3.87. The normalized spacial score (nSPS) is 19.5. The predicted octanol–water partition coefficient (Wildman–Crippen LogP) is 4.18. The van der Waals surface area contributed by atoms with E-state index in [1.807, 2.05) is 24.4 Å². The smallest absolute Gasteiger partial charge is 0.287 e. The Balaban J connectivity index is 1.35. The Kier molecular flexibility index (Phi) is 5.92. The molecule has 7 heteroatoms. The van der Waals surface area contributed by atoms with Crippen LogP contribution in [0.1, 0.15) is 40.8 Å². The number of hydrogen-bond donors (Lipinski definition) is 1. The van der Waals surface area contributed by atoms with Gasteiger partial charge in [-0.1, -0.05) is 30.3 Å². The first-order chi connectivity index (χ1) is 13.7. The molecule has 2 unspecified atom stereocenters. The van der Waals surface area contributed by atoms with Crippen LogP contribution in [0.2, 0.25) is 0 Å². The van der Waals surface area contributed by atoms with Gasteiger partial charge >= 0.3 is 0 Å². The largest absolute Gasteiger partial charge is 0.454 e. The van der Waals surface area contributed by atoms with Gasteiger partial charge in [0.05, 0.1) is 23.3 Å². The number of aromatic nitrogens is 2. The zero-order valence-corrected chi connectivity index (χ0v) is 17.0. The van der Waals surface area contributed by atoms with Crippen LogP contribution in [0.5, 0.6) is 0 Å². The maximum atomic E-state index is 12.5. The number of benzene rings is 1. The van der Waals surface area contributed by atoms with E-state index in [2.05, 4.69) is 38.5 Å². The van der Waals surface area contributed by atoms with Gasteiger partial charge in [-0.25, -0.2) is 0 Å². The van der Waals surface area contributed by atoms with Gasteiger partial charge in [0, 0.05) is 25.3 Å². The summed E-state index contributed by atoms with van der Waals surface area (Å²) >= 11 is 3.37. The van der Waals surface area contributed by atoms with E-state index in [-0.39, 0.29) is 17.9 Å². The van der Waals surface area contributed by atoms with Crippen molar-refractivity contribution < 1.29 is 13.9 Å². The number of carbonyl (C=O) groups excluding carboxylic acids is 1. The Labute approximate surface area is 172 Å². The van der Waals surface area contributed by atoms with Crippen molar-refractivity contribution in [2.45, 2.75) is 25.5 Å². The lowest BCUT2D eigenvalue weighted by molar-refractivity contribution is -0.0273. The number of ether oxygens (including phenoxy) is 1. The van der Waals surface area contributed by atoms with Crippen molar-refractivity contribution >= 4 is 21.8 Å². The van der Waals surface area contributed by atoms with Gasteiger partial charge in [0.1, 0.15) is 5.76 Å². The van der Waals surface area contributed by atoms with Gasteiger partial charge in [-0.2, -0.15) is 5.10 Å². The summed E-state index contributed by atoms with van der Waals surface area (Å²) in [5, 5.41) is 7.20. The lowest BCUT2D eigenvalue weighted by atomic mass is 9.89. The molecule has 2 atom stereocenters. The Bertz CT molecular complexity index is 922. The van der Waals surface area contributed by atoms with E-state index in [0.29, 0.717) is 24.6 Å². The summed E-state index contributed by atoms with van der Waals surface area (Å²) in [6.07, 6.45) is 5.62. The summed E-state index contributed by atoms with van der Waals surface area (Å²) in [5.41, 5.74) is 1.16. The van der Waals surface area contributed by atoms with Crippen LogP contribution < -0.4 is 5.32 Å². The van der Waals surface area contributed by atoms with Gasteiger partial charge in [0.15, 0.2) is 5.76 Å². The molecule has 0 bridgehead atoms. The molecule has 3 aromatic rings. The number of carbonyl (C=O) groups is 1. The van der Waals surface area contributed by atoms with Crippen molar-refractivity contribution in [2.75, 3.05) is 13.2 Å². The van der Waals surface area contributed by atoms with Crippen LogP contribution in [-0.4, -0.2) is 28.8 Å². The Morgan fingerprint density at radius 3 is 2.89 bits per heavy atom. The molecule has 1 aliphatic rings. The topological polar surface area (TPSA) is 69.3 Å². The maximum absolute atomic E-state index is 12.5. The van der Waals surface area contributed by atoms with E-state index in [9.17, 15) is 4.79 Å². The minimum atomic E-state index is -0.203. The average molecular weight is 444 g/mol. The molecule has 6 nitrogen and oxygen atoms in total. The standard InChI is InChI=1S/C21H22BrN3O3/c22-17-12-24-25(13-17)14-18-8-9-19(28-18)21(26)23-11-16-7-4-10-27-20(16)15-5-2-1-3-6-15/h1-3,5-6,8-9,12-13,16,20H,4,7,10-11,14H2,(H,23,26). The quantitative estimate of drug-likeness (QED) is 0.619. The van der Waals surface area contributed by atoms with Gasteiger partial charge in [-0.15, -0.1) is 0 Å². The van der Waals surface area contributed by atoms with E-state index >= 15 is 0 Å². The molecule has 146 valence electrons. The molecule has 0 saturated carbocycles. The minimum Gasteiger partial charge on any atom is -0.454 e. The van der Waals surface area contributed by atoms with Crippen molar-refractivity contribution in [2.24, 2.45) is 5.92 Å². The van der Waals surface area contributed by atoms with Crippen LogP contribution in [0.15, 0.2) is 63.7 Å². The molecule has 1 N–H and O–H groups in total. The van der Waals surface area contributed by atoms with Crippen LogP contribution in [0.4, 0.5) is 0 Å². The van der Waals surface area contributed by atoms with Crippen LogP contribution >= 0.6 is 15.9 Å². The third-order valence-electron chi connectivity index (χ3n) is 4.90. The number of furan rings is 1. The van der Waals surface area contributed by atoms with Gasteiger partial charge in [-0.3, -0.25) is 9.48 Å². The first kappa shape index (κ1) is 19.0. The summed E-state index contributed by atoms with van der Waals surface area (Å²) in [6, 6.07) is 13.7. The lowest BCUT2D eigenvalue weighted by Gasteiger charge is -2.32. The van der Waals surface area contributed by atoms with E-state index < -0.39 is 0 Å². The second kappa shape index (κ2) is 8.75. The molecule has 3 heterocycles. The van der Waals surface area contributed by atoms with Crippen LogP contribution in [0, 0.1) is 5.92 Å². The fourth-order valence-electron chi connectivity index (χ4n) is 3.54. The SMILES string of the molecule is O=C(NCC1CCCOC1c1ccccc1)c1ccc(Cn2cc(Br)cn2)o1. The summed E-state index contributed by atoms with van der Waals surface area (Å²) < 4.78 is 14.3. The van der Waals surface area contributed by atoms with Crippen molar-refractivity contribution in [1.82, 2.24) is 15.1 Å². The zero-order chi connectivity index (χ0) is 19.3. The van der Waals surface area contributed by atoms with E-state index in [1.165, 1.54) is 0 Å². The molecule has 1 saturated heterocycles. The monoisotopic (exact) mass is 443 g/mol. The van der Waals surface area contributed by atoms with Gasteiger partial charge < -0.3 is 14.5 Å². The Morgan fingerprint density at radius 1 is 1.25 bits per heavy atom. The van der Waals surface area contributed by atoms with Gasteiger partial charge in [-0.05, 0) is 46.5 Å². The number of nitrogens with zero attached hydrogens (tertiary/aromatic N) is 2. The van der Waals surface area contributed by atoms with Crippen molar-refractivity contribution in [3.8, 4) is 0 Å². The van der Waals surface area contributed by atoms with Gasteiger partial charge in [0.25, 0.3) is 5.91 Å². The highest BCUT2D eigenvalue weighted by atomic mass is 79.9. The average Bonchev–Trinajstić information content (AvgIpc) is 3.36. The molecule has 1 fully saturated rings. The molecule has 0 aliphatic carbocycles. The van der Waals surface area contributed by atoms with Gasteiger partial charge in [0.2, 0.25) is 0 Å². The number of amides is 1. The van der Waals surface area contributed by atoms with E-state index in [1.54, 1.807) is 23.0 Å². The molecule has 4 rings (SSSR count). The lowest BCUT2D eigenvalue weighted by Crippen LogP contribution is -2.35. The molecule has 0 radical (unpaired) electrons. The second-order valence-corrected chi connectivity index (χ2v) is 7.85. The van der Waals surface area contributed by atoms with Crippen molar-refractivity contribution in [3.63, 3.8) is 0 Å². The Hall–Kier alpha value is -2.38. The second-order valence-electron chi connectivity index (χ2n) is 6.94. The summed E-state index contributed by atoms with van der Waals surface area (Å²) in [7, 11) is 0. The summed E-state index contributed by atoms with van der Waals surface area (Å²) in [5.74, 6) is 1.04. The first-order valence-electron chi connectivity index (χ1n) is 9.40. The molecular weight excluding hydrogens is 422 g/mol. The summed E-state index contributed by atoms with van der Waals surface area (Å²) in [6.45, 7) is 1.79. The molecule has 2 aromatic heterocycles. The number of rotatable bonds is 6. The zero-order valence-electron chi connectivity index (χ0n) is 15.4. The van der Waals surface area contributed by atoms with Crippen molar-refractivity contribution in [1.29, 1.82) is 0 Å². The summed E-state index contributed by atoms with van der Waals surface area (Å²) in [4.78, 5) is 12.5. The van der Waals surface area contributed by atoms with Crippen LogP contribution in [-0.2, 0) is 11.3 Å². The molecular formula is C21H22BrN3O3. The van der Waals surface area contributed by atoms with Crippen molar-refractivity contribution in [3.05, 3.63) is 76.4 Å². The highest BCUT2D eigenvalue weighted by molar-refractivity contribution is 9.10. The minimum absolute atomic E-state index is 0.0145. The predicted molar refractivity (Wildman–Crippen MR) is 108 cm³/mol. The molecule has 0 spiro atoms. The first-order valence-corrected chi connectivity index (χ1v) is 10.2. The number of nitrogens with one attached hydrogen (secondary N) is 1. The van der Waals surface area contributed by atoms with Crippen LogP contribution in [0.3, 0.4) is 0 Å². The molecule has 1 aromatic carbocycles. The molecule has 1 aliphatic heterocycles. The third-order valence-corrected chi connectivity index (χ3v) is 5.31.